The van der Waals surface area contributed by atoms with Gasteiger partial charge in [-0.15, -0.1) is 0 Å². The Labute approximate surface area is 132 Å². The quantitative estimate of drug-likeness (QED) is 0.821. The summed E-state index contributed by atoms with van der Waals surface area (Å²) in [4.78, 5) is 2.53. The SMILES string of the molecule is CCOC[C@@H]1CN(CCc2ccccc2)Cc2c1cnn2C. The summed E-state index contributed by atoms with van der Waals surface area (Å²) in [6, 6.07) is 10.7. The van der Waals surface area contributed by atoms with Crippen molar-refractivity contribution in [3.63, 3.8) is 0 Å². The molecular formula is C18H25N3O. The van der Waals surface area contributed by atoms with E-state index in [2.05, 4.69) is 47.3 Å². The summed E-state index contributed by atoms with van der Waals surface area (Å²) in [6.07, 6.45) is 3.11. The standard InChI is InChI=1S/C18H25N3O/c1-3-22-14-16-12-21(10-9-15-7-5-4-6-8-15)13-18-17(16)11-19-20(18)2/h4-8,11,16H,3,9-10,12-14H2,1-2H3/t16-/m0/s1. The van der Waals surface area contributed by atoms with Crippen LogP contribution in [-0.2, 0) is 24.8 Å². The van der Waals surface area contributed by atoms with Crippen molar-refractivity contribution in [1.29, 1.82) is 0 Å². The Morgan fingerprint density at radius 2 is 2.09 bits per heavy atom. The Morgan fingerprint density at radius 3 is 2.86 bits per heavy atom. The minimum Gasteiger partial charge on any atom is -0.381 e. The van der Waals surface area contributed by atoms with Crippen LogP contribution in [0.3, 0.4) is 0 Å². The molecule has 1 atom stereocenters. The zero-order chi connectivity index (χ0) is 15.4. The highest BCUT2D eigenvalue weighted by Gasteiger charge is 2.28. The molecule has 22 heavy (non-hydrogen) atoms. The number of benzene rings is 1. The molecule has 0 bridgehead atoms. The molecule has 1 aromatic carbocycles. The third-order valence-corrected chi connectivity index (χ3v) is 4.47. The van der Waals surface area contributed by atoms with Crippen LogP contribution in [0.25, 0.3) is 0 Å². The minimum atomic E-state index is 0.438. The summed E-state index contributed by atoms with van der Waals surface area (Å²) < 4.78 is 7.70. The van der Waals surface area contributed by atoms with Gasteiger partial charge in [-0.2, -0.15) is 5.10 Å². The van der Waals surface area contributed by atoms with Crippen molar-refractivity contribution in [3.05, 3.63) is 53.3 Å². The molecule has 118 valence electrons. The topological polar surface area (TPSA) is 30.3 Å². The van der Waals surface area contributed by atoms with Gasteiger partial charge in [-0.1, -0.05) is 30.3 Å². The summed E-state index contributed by atoms with van der Waals surface area (Å²) in [5, 5.41) is 4.44. The highest BCUT2D eigenvalue weighted by molar-refractivity contribution is 5.26. The Hall–Kier alpha value is -1.65. The van der Waals surface area contributed by atoms with E-state index in [1.807, 2.05) is 17.9 Å². The van der Waals surface area contributed by atoms with E-state index >= 15 is 0 Å². The average Bonchev–Trinajstić information content (AvgIpc) is 2.93. The van der Waals surface area contributed by atoms with Crippen LogP contribution >= 0.6 is 0 Å². The number of nitrogens with zero attached hydrogens (tertiary/aromatic N) is 3. The molecule has 0 fully saturated rings. The van der Waals surface area contributed by atoms with Crippen molar-refractivity contribution < 1.29 is 4.74 Å². The normalized spacial score (nSPS) is 18.4. The van der Waals surface area contributed by atoms with Gasteiger partial charge in [0.15, 0.2) is 0 Å². The maximum atomic E-state index is 5.69. The molecule has 1 aromatic heterocycles. The first kappa shape index (κ1) is 15.3. The zero-order valence-electron chi connectivity index (χ0n) is 13.5. The Morgan fingerprint density at radius 1 is 1.27 bits per heavy atom. The second kappa shape index (κ2) is 7.07. The van der Waals surface area contributed by atoms with Crippen LogP contribution in [0.15, 0.2) is 36.5 Å². The number of rotatable bonds is 6. The van der Waals surface area contributed by atoms with Gasteiger partial charge in [0.2, 0.25) is 0 Å². The molecule has 2 heterocycles. The summed E-state index contributed by atoms with van der Waals surface area (Å²) in [5.41, 5.74) is 4.11. The van der Waals surface area contributed by atoms with Crippen molar-refractivity contribution in [2.45, 2.75) is 25.8 Å². The van der Waals surface area contributed by atoms with Gasteiger partial charge in [-0.05, 0) is 18.9 Å². The molecule has 0 N–H and O–H groups in total. The number of aryl methyl sites for hydroxylation is 1. The van der Waals surface area contributed by atoms with Crippen molar-refractivity contribution in [2.75, 3.05) is 26.3 Å². The van der Waals surface area contributed by atoms with Gasteiger partial charge in [0, 0.05) is 44.8 Å². The van der Waals surface area contributed by atoms with Crippen LogP contribution < -0.4 is 0 Å². The summed E-state index contributed by atoms with van der Waals surface area (Å²) in [5.74, 6) is 0.438. The van der Waals surface area contributed by atoms with Crippen LogP contribution in [0.5, 0.6) is 0 Å². The highest BCUT2D eigenvalue weighted by atomic mass is 16.5. The van der Waals surface area contributed by atoms with E-state index < -0.39 is 0 Å². The van der Waals surface area contributed by atoms with Gasteiger partial charge in [-0.25, -0.2) is 0 Å². The second-order valence-electron chi connectivity index (χ2n) is 6.00. The third kappa shape index (κ3) is 3.39. The molecule has 0 saturated carbocycles. The van der Waals surface area contributed by atoms with Crippen molar-refractivity contribution >= 4 is 0 Å². The first-order valence-corrected chi connectivity index (χ1v) is 8.12. The number of fused-ring (bicyclic) bond motifs is 1. The van der Waals surface area contributed by atoms with E-state index in [1.165, 1.54) is 16.8 Å². The van der Waals surface area contributed by atoms with Gasteiger partial charge >= 0.3 is 0 Å². The van der Waals surface area contributed by atoms with Crippen molar-refractivity contribution in [1.82, 2.24) is 14.7 Å². The highest BCUT2D eigenvalue weighted by Crippen LogP contribution is 2.28. The zero-order valence-corrected chi connectivity index (χ0v) is 13.5. The minimum absolute atomic E-state index is 0.438. The molecule has 0 amide bonds. The van der Waals surface area contributed by atoms with E-state index in [0.717, 1.165) is 39.3 Å². The van der Waals surface area contributed by atoms with Gasteiger partial charge in [0.1, 0.15) is 0 Å². The van der Waals surface area contributed by atoms with Crippen LogP contribution in [-0.4, -0.2) is 41.0 Å². The van der Waals surface area contributed by atoms with Gasteiger partial charge in [0.05, 0.1) is 18.5 Å². The molecule has 0 radical (unpaired) electrons. The number of hydrogen-bond acceptors (Lipinski definition) is 3. The fourth-order valence-corrected chi connectivity index (χ4v) is 3.21. The smallest absolute Gasteiger partial charge is 0.0557 e. The largest absolute Gasteiger partial charge is 0.381 e. The van der Waals surface area contributed by atoms with Crippen LogP contribution in [0.1, 0.15) is 29.7 Å². The molecule has 1 aliphatic heterocycles. The molecule has 4 nitrogen and oxygen atoms in total. The van der Waals surface area contributed by atoms with Crippen molar-refractivity contribution in [2.24, 2.45) is 7.05 Å². The molecule has 4 heteroatoms. The van der Waals surface area contributed by atoms with Crippen LogP contribution in [0.4, 0.5) is 0 Å². The molecule has 2 aromatic rings. The van der Waals surface area contributed by atoms with Gasteiger partial charge in [-0.3, -0.25) is 9.58 Å². The number of aromatic nitrogens is 2. The predicted octanol–water partition coefficient (Wildman–Crippen LogP) is 2.60. The number of hydrogen-bond donors (Lipinski definition) is 0. The molecular weight excluding hydrogens is 274 g/mol. The van der Waals surface area contributed by atoms with Crippen molar-refractivity contribution in [3.8, 4) is 0 Å². The lowest BCUT2D eigenvalue weighted by Gasteiger charge is -2.33. The van der Waals surface area contributed by atoms with E-state index in [0.29, 0.717) is 5.92 Å². The maximum Gasteiger partial charge on any atom is 0.0557 e. The summed E-state index contributed by atoms with van der Waals surface area (Å²) in [6.45, 7) is 6.75. The fourth-order valence-electron chi connectivity index (χ4n) is 3.21. The lowest BCUT2D eigenvalue weighted by Crippen LogP contribution is -2.37. The van der Waals surface area contributed by atoms with E-state index in [9.17, 15) is 0 Å². The first-order chi connectivity index (χ1) is 10.8. The van der Waals surface area contributed by atoms with Gasteiger partial charge < -0.3 is 4.74 Å². The molecule has 3 rings (SSSR count). The molecule has 0 spiro atoms. The second-order valence-corrected chi connectivity index (χ2v) is 6.00. The maximum absolute atomic E-state index is 5.69. The molecule has 1 aliphatic rings. The third-order valence-electron chi connectivity index (χ3n) is 4.47. The number of ether oxygens (including phenoxy) is 1. The lowest BCUT2D eigenvalue weighted by atomic mass is 9.95. The van der Waals surface area contributed by atoms with E-state index in [1.54, 1.807) is 0 Å². The molecule has 0 aliphatic carbocycles. The lowest BCUT2D eigenvalue weighted by molar-refractivity contribution is 0.106. The first-order valence-electron chi connectivity index (χ1n) is 8.12. The Balaban J connectivity index is 1.67. The summed E-state index contributed by atoms with van der Waals surface area (Å²) >= 11 is 0. The monoisotopic (exact) mass is 299 g/mol. The average molecular weight is 299 g/mol. The Kier molecular flexibility index (Phi) is 4.90. The predicted molar refractivity (Wildman–Crippen MR) is 87.9 cm³/mol. The molecule has 0 saturated heterocycles. The Bertz CT molecular complexity index is 594. The van der Waals surface area contributed by atoms with E-state index in [-0.39, 0.29) is 0 Å². The van der Waals surface area contributed by atoms with E-state index in [4.69, 9.17) is 4.74 Å². The molecule has 0 unspecified atom stereocenters. The fraction of sp³-hybridized carbons (Fsp3) is 0.500. The van der Waals surface area contributed by atoms with Gasteiger partial charge in [0.25, 0.3) is 0 Å². The van der Waals surface area contributed by atoms with Crippen LogP contribution in [0, 0.1) is 0 Å². The summed E-state index contributed by atoms with van der Waals surface area (Å²) in [7, 11) is 2.04. The van der Waals surface area contributed by atoms with Crippen LogP contribution in [0.2, 0.25) is 0 Å².